The number of nitrogens with two attached hydrogens (primary N) is 1. The monoisotopic (exact) mass is 316 g/mol. The molecule has 4 heteroatoms. The van der Waals surface area contributed by atoms with Gasteiger partial charge in [-0.05, 0) is 53.5 Å². The molecule has 0 heterocycles. The third-order valence-corrected chi connectivity index (χ3v) is 4.20. The van der Waals surface area contributed by atoms with Crippen LogP contribution < -0.4 is 5.73 Å². The van der Waals surface area contributed by atoms with Crippen molar-refractivity contribution < 1.29 is 4.39 Å². The van der Waals surface area contributed by atoms with E-state index in [1.807, 2.05) is 6.07 Å². The van der Waals surface area contributed by atoms with Crippen LogP contribution in [0.1, 0.15) is 38.3 Å². The fourth-order valence-electron chi connectivity index (χ4n) is 2.38. The highest BCUT2D eigenvalue weighted by Gasteiger charge is 2.21. The van der Waals surface area contributed by atoms with E-state index in [9.17, 15) is 4.39 Å². The minimum absolute atomic E-state index is 0.0671. The number of halogens is 2. The van der Waals surface area contributed by atoms with E-state index in [2.05, 4.69) is 41.7 Å². The van der Waals surface area contributed by atoms with E-state index in [1.54, 1.807) is 12.1 Å². The molecule has 2 nitrogen and oxygen atoms in total. The maximum Gasteiger partial charge on any atom is 0.137 e. The maximum atomic E-state index is 13.6. The molecule has 1 aromatic carbocycles. The number of nitrogens with zero attached hydrogens (tertiary/aromatic N) is 1. The van der Waals surface area contributed by atoms with Gasteiger partial charge < -0.3 is 5.73 Å². The Hall–Kier alpha value is -0.450. The first-order chi connectivity index (χ1) is 8.54. The molecule has 0 aliphatic rings. The Morgan fingerprint density at radius 2 is 1.94 bits per heavy atom. The van der Waals surface area contributed by atoms with Gasteiger partial charge in [-0.3, -0.25) is 4.90 Å². The van der Waals surface area contributed by atoms with Crippen molar-refractivity contribution in [2.24, 2.45) is 5.73 Å². The molecule has 1 aromatic rings. The van der Waals surface area contributed by atoms with E-state index >= 15 is 0 Å². The van der Waals surface area contributed by atoms with Gasteiger partial charge in [0.1, 0.15) is 5.82 Å². The second-order valence-corrected chi connectivity index (χ2v) is 5.42. The summed E-state index contributed by atoms with van der Waals surface area (Å²) in [4.78, 5) is 2.25. The molecule has 0 aromatic heterocycles. The molecule has 0 saturated heterocycles. The molecule has 0 amide bonds. The number of hydrogen-bond acceptors (Lipinski definition) is 2. The zero-order valence-electron chi connectivity index (χ0n) is 11.3. The summed E-state index contributed by atoms with van der Waals surface area (Å²) in [5.74, 6) is -0.233. The lowest BCUT2D eigenvalue weighted by atomic mass is 10.0. The van der Waals surface area contributed by atoms with Crippen LogP contribution in [0, 0.1) is 5.82 Å². The Bertz CT molecular complexity index is 380. The zero-order chi connectivity index (χ0) is 13.7. The van der Waals surface area contributed by atoms with Crippen LogP contribution in [0.5, 0.6) is 0 Å². The van der Waals surface area contributed by atoms with E-state index in [-0.39, 0.29) is 11.9 Å². The largest absolute Gasteiger partial charge is 0.329 e. The molecule has 0 saturated carbocycles. The van der Waals surface area contributed by atoms with Crippen molar-refractivity contribution in [1.29, 1.82) is 0 Å². The highest BCUT2D eigenvalue weighted by atomic mass is 79.9. The van der Waals surface area contributed by atoms with E-state index < -0.39 is 0 Å². The summed E-state index contributed by atoms with van der Waals surface area (Å²) in [5, 5.41) is 0. The Morgan fingerprint density at radius 1 is 1.33 bits per heavy atom. The summed E-state index contributed by atoms with van der Waals surface area (Å²) in [7, 11) is 2.06. The Kier molecular flexibility index (Phi) is 6.26. The molecule has 0 fully saturated rings. The van der Waals surface area contributed by atoms with Crippen LogP contribution in [0.15, 0.2) is 22.7 Å². The molecule has 102 valence electrons. The summed E-state index contributed by atoms with van der Waals surface area (Å²) in [5.41, 5.74) is 6.80. The highest BCUT2D eigenvalue weighted by Crippen LogP contribution is 2.26. The Balaban J connectivity index is 2.97. The summed E-state index contributed by atoms with van der Waals surface area (Å²) in [6.07, 6.45) is 2.14. The first-order valence-corrected chi connectivity index (χ1v) is 7.21. The summed E-state index contributed by atoms with van der Waals surface area (Å²) >= 11 is 3.17. The van der Waals surface area contributed by atoms with Gasteiger partial charge in [0.25, 0.3) is 0 Å². The fraction of sp³-hybridized carbons (Fsp3) is 0.571. The van der Waals surface area contributed by atoms with E-state index in [1.165, 1.54) is 0 Å². The van der Waals surface area contributed by atoms with Crippen LogP contribution in [-0.4, -0.2) is 24.5 Å². The van der Waals surface area contributed by atoms with Crippen LogP contribution in [0.3, 0.4) is 0 Å². The molecule has 0 spiro atoms. The lowest BCUT2D eigenvalue weighted by molar-refractivity contribution is 0.167. The molecule has 2 N–H and O–H groups in total. The second kappa shape index (κ2) is 7.22. The molecule has 0 aliphatic heterocycles. The van der Waals surface area contributed by atoms with Crippen molar-refractivity contribution in [1.82, 2.24) is 4.90 Å². The summed E-state index contributed by atoms with van der Waals surface area (Å²) in [6.45, 7) is 4.83. The van der Waals surface area contributed by atoms with Crippen molar-refractivity contribution in [3.8, 4) is 0 Å². The number of benzene rings is 1. The smallest absolute Gasteiger partial charge is 0.137 e. The minimum Gasteiger partial charge on any atom is -0.329 e. The number of rotatable bonds is 6. The van der Waals surface area contributed by atoms with E-state index in [0.29, 0.717) is 17.1 Å². The predicted octanol–water partition coefficient (Wildman–Crippen LogP) is 3.71. The third kappa shape index (κ3) is 3.53. The zero-order valence-corrected chi connectivity index (χ0v) is 12.9. The van der Waals surface area contributed by atoms with Gasteiger partial charge in [-0.2, -0.15) is 0 Å². The van der Waals surface area contributed by atoms with Crippen molar-refractivity contribution in [3.05, 3.63) is 34.1 Å². The topological polar surface area (TPSA) is 29.3 Å². The molecule has 1 rings (SSSR count). The van der Waals surface area contributed by atoms with Crippen LogP contribution in [0.2, 0.25) is 0 Å². The third-order valence-electron chi connectivity index (χ3n) is 3.56. The molecule has 1 unspecified atom stereocenters. The van der Waals surface area contributed by atoms with Crippen LogP contribution >= 0.6 is 15.9 Å². The van der Waals surface area contributed by atoms with Gasteiger partial charge in [0.2, 0.25) is 0 Å². The molecular weight excluding hydrogens is 295 g/mol. The summed E-state index contributed by atoms with van der Waals surface area (Å²) < 4.78 is 14.1. The molecule has 18 heavy (non-hydrogen) atoms. The van der Waals surface area contributed by atoms with Gasteiger partial charge in [0, 0.05) is 18.6 Å². The van der Waals surface area contributed by atoms with Crippen LogP contribution in [0.25, 0.3) is 0 Å². The average Bonchev–Trinajstić information content (AvgIpc) is 2.36. The Morgan fingerprint density at radius 3 is 2.39 bits per heavy atom. The quantitative estimate of drug-likeness (QED) is 0.867. The van der Waals surface area contributed by atoms with E-state index in [4.69, 9.17) is 5.73 Å². The molecule has 1 atom stereocenters. The molecule has 0 aliphatic carbocycles. The highest BCUT2D eigenvalue weighted by molar-refractivity contribution is 9.10. The molecule has 0 bridgehead atoms. The van der Waals surface area contributed by atoms with Crippen LogP contribution in [0.4, 0.5) is 4.39 Å². The van der Waals surface area contributed by atoms with Gasteiger partial charge in [0.05, 0.1) is 4.47 Å². The average molecular weight is 317 g/mol. The van der Waals surface area contributed by atoms with Gasteiger partial charge >= 0.3 is 0 Å². The summed E-state index contributed by atoms with van der Waals surface area (Å²) in [6, 6.07) is 5.79. The lowest BCUT2D eigenvalue weighted by Crippen LogP contribution is -2.38. The first kappa shape index (κ1) is 15.6. The lowest BCUT2D eigenvalue weighted by Gasteiger charge is -2.34. The van der Waals surface area contributed by atoms with Crippen LogP contribution in [-0.2, 0) is 0 Å². The first-order valence-electron chi connectivity index (χ1n) is 6.42. The number of hydrogen-bond donors (Lipinski definition) is 1. The standard InChI is InChI=1S/C14H22BrFN2/c1-4-11(5-2)18(3)14(9-17)10-6-7-12(15)13(16)8-10/h6-8,11,14H,4-5,9,17H2,1-3H3. The van der Waals surface area contributed by atoms with Gasteiger partial charge in [-0.25, -0.2) is 4.39 Å². The Labute approximate surface area is 117 Å². The normalized spacial score (nSPS) is 13.3. The van der Waals surface area contributed by atoms with Crippen molar-refractivity contribution in [3.63, 3.8) is 0 Å². The van der Waals surface area contributed by atoms with E-state index in [0.717, 1.165) is 18.4 Å². The van der Waals surface area contributed by atoms with Crippen molar-refractivity contribution >= 4 is 15.9 Å². The predicted molar refractivity (Wildman–Crippen MR) is 78.0 cm³/mol. The molecular formula is C14H22BrFN2. The maximum absolute atomic E-state index is 13.6. The van der Waals surface area contributed by atoms with Crippen molar-refractivity contribution in [2.75, 3.05) is 13.6 Å². The fourth-order valence-corrected chi connectivity index (χ4v) is 2.62. The minimum atomic E-state index is -0.233. The van der Waals surface area contributed by atoms with Gasteiger partial charge in [-0.15, -0.1) is 0 Å². The number of likely N-dealkylation sites (N-methyl/N-ethyl adjacent to an activating group) is 1. The van der Waals surface area contributed by atoms with Gasteiger partial charge in [-0.1, -0.05) is 19.9 Å². The molecule has 0 radical (unpaired) electrons. The second-order valence-electron chi connectivity index (χ2n) is 4.56. The van der Waals surface area contributed by atoms with Gasteiger partial charge in [0.15, 0.2) is 0 Å². The van der Waals surface area contributed by atoms with Crippen molar-refractivity contribution in [2.45, 2.75) is 38.8 Å². The SMILES string of the molecule is CCC(CC)N(C)C(CN)c1ccc(Br)c(F)c1.